The Balaban J connectivity index is -0.00000147. The molecule has 25 nitrogen and oxygen atoms in total. The molecule has 0 aromatic rings. The van der Waals surface area contributed by atoms with Gasteiger partial charge in [0.15, 0.2) is 16.6 Å². The van der Waals surface area contributed by atoms with E-state index < -0.39 is 154 Å². The van der Waals surface area contributed by atoms with Gasteiger partial charge in [0.1, 0.15) is 49.0 Å². The fraction of sp³-hybridized carbons (Fsp3) is 0.806. The van der Waals surface area contributed by atoms with Crippen LogP contribution in [0.25, 0.3) is 0 Å². The van der Waals surface area contributed by atoms with Crippen molar-refractivity contribution >= 4 is 173 Å². The summed E-state index contributed by atoms with van der Waals surface area (Å²) in [6.07, 6.45) is 7.75. The summed E-state index contributed by atoms with van der Waals surface area (Å²) in [4.78, 5) is 114. The van der Waals surface area contributed by atoms with E-state index in [9.17, 15) is 64.7 Å². The second-order valence-electron chi connectivity index (χ2n) is 30.1. The van der Waals surface area contributed by atoms with Crippen LogP contribution in [0, 0.1) is 29.6 Å². The Hall–Kier alpha value is -3.00. The number of alkyl halides is 11. The van der Waals surface area contributed by atoms with Gasteiger partial charge in [0.25, 0.3) is 11.8 Å². The predicted molar refractivity (Wildman–Crippen MR) is 417 cm³/mol. The number of hydrogen-bond donors (Lipinski definition) is 6. The van der Waals surface area contributed by atoms with E-state index in [4.69, 9.17) is 121 Å². The number of allylic oxidation sites excluding steroid dienone is 2. The Morgan fingerprint density at radius 2 is 0.962 bits per heavy atom. The average molecular weight is 1740 g/mol. The molecule has 2 heterocycles. The number of hydrogen-bond acceptors (Lipinski definition) is 19. The number of esters is 3. The first-order chi connectivity index (χ1) is 47.9. The highest BCUT2D eigenvalue weighted by Gasteiger charge is 2.47. The van der Waals surface area contributed by atoms with Crippen LogP contribution >= 0.6 is 92.8 Å². The van der Waals surface area contributed by atoms with Crippen molar-refractivity contribution < 1.29 is 97.1 Å². The van der Waals surface area contributed by atoms with Gasteiger partial charge in [-0.3, -0.25) is 57.4 Å². The van der Waals surface area contributed by atoms with E-state index in [0.29, 0.717) is 58.7 Å². The lowest BCUT2D eigenvalue weighted by Crippen LogP contribution is -2.61. The maximum atomic E-state index is 13.4. The quantitative estimate of drug-likeness (QED) is 0.00740. The lowest BCUT2D eigenvalue weighted by atomic mass is 9.91. The topological polar surface area (TPSA) is 330 Å². The van der Waals surface area contributed by atoms with Crippen LogP contribution in [0.1, 0.15) is 175 Å². The molecule has 5 amide bonds. The first kappa shape index (κ1) is 107. The first-order valence-corrected chi connectivity index (χ1v) is 45.0. The molecule has 0 aliphatic carbocycles. The molecule has 106 heavy (non-hydrogen) atoms. The average Bonchev–Trinajstić information content (AvgIpc) is 0.802. The third-order valence-corrected chi connectivity index (χ3v) is 27.8. The van der Waals surface area contributed by atoms with Crippen molar-refractivity contribution in [1.82, 2.24) is 36.8 Å². The summed E-state index contributed by atoms with van der Waals surface area (Å²) < 4.78 is 80.6. The molecule has 2 rings (SSSR count). The summed E-state index contributed by atoms with van der Waals surface area (Å²) in [5, 5.41) is 20.3. The van der Waals surface area contributed by atoms with Gasteiger partial charge in [-0.1, -0.05) is 158 Å². The number of nitrogens with one attached hydrogen (secondary N) is 5. The summed E-state index contributed by atoms with van der Waals surface area (Å²) >= 11 is 43.3. The summed E-state index contributed by atoms with van der Waals surface area (Å²) in [6.45, 7) is 48.0. The minimum Gasteiger partial charge on any atom is -0.481 e. The van der Waals surface area contributed by atoms with Crippen molar-refractivity contribution in [3.05, 3.63) is 25.3 Å². The monoisotopic (exact) mass is 1730 g/mol. The van der Waals surface area contributed by atoms with Gasteiger partial charge in [0.05, 0.1) is 48.8 Å². The summed E-state index contributed by atoms with van der Waals surface area (Å²) in [5.74, 6) is -6.70. The molecule has 0 aromatic carbocycles. The van der Waals surface area contributed by atoms with Gasteiger partial charge in [-0.15, -0.1) is 36.4 Å². The number of carbonyl (C=O) groups is 9. The number of rotatable bonds is 30. The number of hydrazine groups is 2. The Morgan fingerprint density at radius 1 is 0.604 bits per heavy atom. The fourth-order valence-electron chi connectivity index (χ4n) is 8.88. The Bertz CT molecular complexity index is 2920. The van der Waals surface area contributed by atoms with Crippen LogP contribution in [-0.2, 0) is 80.5 Å². The van der Waals surface area contributed by atoms with E-state index in [1.807, 2.05) is 46.8 Å². The SMILES string of the molecule is C=CCC[C@@H](O[Si](C)(C)C(C)(C)C)[C@@H](C)C(=O)N[C@H](C(=O)N[C@@H](C)C(=O)N1CCC[C@@H](C(=O)OCC(Cl)(Cl)Cl)N1)C(C)C.C=CCC[C@@H](O[Si](C)(C)C(C)(C)C)[C@@H](C)C(=O)O.CC(C)[C@H](CC(=O)OC(C)(C)C)C(=O)N[C@@H](C)C(=O)N1CCC[C@@H](C(=O)OCC(Cl)(Cl)Cl)N1.COS(=O)(=O)C(F)(F)F.ClCCl. The van der Waals surface area contributed by atoms with Crippen molar-refractivity contribution in [2.24, 2.45) is 29.6 Å². The van der Waals surface area contributed by atoms with Crippen LogP contribution in [0.5, 0.6) is 0 Å². The number of halogens is 11. The molecule has 0 aromatic heterocycles. The van der Waals surface area contributed by atoms with Crippen molar-refractivity contribution in [1.29, 1.82) is 0 Å². The zero-order valence-electron chi connectivity index (χ0n) is 65.2. The Labute approximate surface area is 668 Å². The molecule has 0 spiro atoms. The molecule has 2 saturated heterocycles. The molecule has 0 saturated carbocycles. The third kappa shape index (κ3) is 42.6. The van der Waals surface area contributed by atoms with Crippen LogP contribution in [0.2, 0.25) is 36.3 Å². The number of carboxylic acids is 1. The molecule has 2 aliphatic rings. The highest BCUT2D eigenvalue weighted by atomic mass is 35.6. The number of carboxylic acid groups (broad SMARTS) is 1. The highest BCUT2D eigenvalue weighted by molar-refractivity contribution is 7.87. The van der Waals surface area contributed by atoms with Crippen molar-refractivity contribution in [2.75, 3.05) is 38.8 Å². The second kappa shape index (κ2) is 48.2. The molecule has 2 aliphatic heterocycles. The third-order valence-electron chi connectivity index (χ3n) is 17.1. The Morgan fingerprint density at radius 3 is 1.25 bits per heavy atom. The van der Waals surface area contributed by atoms with Crippen molar-refractivity contribution in [3.63, 3.8) is 0 Å². The normalized spacial score (nSPS) is 17.8. The van der Waals surface area contributed by atoms with E-state index in [0.717, 1.165) is 12.8 Å². The van der Waals surface area contributed by atoms with Gasteiger partial charge >= 0.3 is 39.5 Å². The highest BCUT2D eigenvalue weighted by Crippen LogP contribution is 2.40. The molecule has 0 bridgehead atoms. The number of carbonyl (C=O) groups excluding carboxylic acids is 8. The van der Waals surface area contributed by atoms with E-state index in [1.54, 1.807) is 34.6 Å². The van der Waals surface area contributed by atoms with E-state index in [-0.39, 0.29) is 51.8 Å². The number of amides is 5. The smallest absolute Gasteiger partial charge is 0.481 e. The lowest BCUT2D eigenvalue weighted by Gasteiger charge is -2.41. The standard InChI is InChI=1S/C29H51Cl3N4O6Si.C21H34Cl3N3O6.C14H28O3Si.C2H3F3O3S.CH2Cl2/c1-11-12-15-22(42-43(9,10)28(6,7)8)19(4)24(37)34-23(18(2)3)25(38)33-20(5)26(39)36-16-13-14-21(35-36)27(40)41-17-29(30,31)32;1-12(2)14(10-16(28)33-20(4,5)6)17(29)25-13(3)18(30)27-9-7-8-15(26-27)19(31)32-11-21(22,23)24;1-8-9-10-12(11(2)13(15)16)17-18(6,7)14(3,4)5;1-8-9(6,7)2(3,4)5;2-1-3/h11,18-23,35H,1,12-17H2,2-10H3,(H,33,38)(H,34,37);12-15,26H,7-11H2,1-6H3,(H,25,29);8,11-12H,1,9-10H2,2-7H3,(H,15,16);1H3;1H2/t19-,20+,21+,22-,23+;13-,14-,15-;11-,12-;;/m101../s1. The molecule has 39 heteroatoms. The summed E-state index contributed by atoms with van der Waals surface area (Å²) in [6, 6.07) is -4.29. The molecular formula is C67H118Cl8F3N7O18SSi2. The molecule has 0 unspecified atom stereocenters. The first-order valence-electron chi connectivity index (χ1n) is 34.4. The van der Waals surface area contributed by atoms with Crippen molar-refractivity contribution in [2.45, 2.75) is 273 Å². The molecule has 2 fully saturated rings. The summed E-state index contributed by atoms with van der Waals surface area (Å²) in [5.41, 5.74) is -0.312. The zero-order chi connectivity index (χ0) is 83.9. The van der Waals surface area contributed by atoms with E-state index in [1.165, 1.54) is 16.9 Å². The largest absolute Gasteiger partial charge is 0.523 e. The summed E-state index contributed by atoms with van der Waals surface area (Å²) in [7, 11) is -8.99. The van der Waals surface area contributed by atoms with Crippen molar-refractivity contribution in [3.8, 4) is 0 Å². The van der Waals surface area contributed by atoms with Crippen LogP contribution in [0.3, 0.4) is 0 Å². The number of nitrogens with zero attached hydrogens (tertiary/aromatic N) is 2. The predicted octanol–water partition coefficient (Wildman–Crippen LogP) is 13.9. The Kier molecular flexibility index (Phi) is 48.7. The molecule has 0 radical (unpaired) electrons. The van der Waals surface area contributed by atoms with Gasteiger partial charge in [0.2, 0.25) is 25.3 Å². The van der Waals surface area contributed by atoms with Gasteiger partial charge in [0, 0.05) is 13.1 Å². The number of ether oxygens (including phenoxy) is 3. The van der Waals surface area contributed by atoms with Crippen LogP contribution in [-0.4, -0.2) is 193 Å². The van der Waals surface area contributed by atoms with Crippen LogP contribution < -0.4 is 26.8 Å². The van der Waals surface area contributed by atoms with Crippen LogP contribution in [0.4, 0.5) is 13.2 Å². The van der Waals surface area contributed by atoms with E-state index in [2.05, 4.69) is 112 Å². The van der Waals surface area contributed by atoms with Gasteiger partial charge in [-0.05, 0) is 141 Å². The molecular weight excluding hydrogens is 1620 g/mol. The van der Waals surface area contributed by atoms with Crippen LogP contribution in [0.15, 0.2) is 25.3 Å². The molecule has 620 valence electrons. The number of aliphatic carboxylic acids is 1. The molecule has 6 N–H and O–H groups in total. The van der Waals surface area contributed by atoms with Gasteiger partial charge < -0.3 is 44.1 Å². The zero-order valence-corrected chi connectivity index (χ0v) is 74.1. The maximum Gasteiger partial charge on any atom is 0.523 e. The second-order valence-corrected chi connectivity index (χ2v) is 47.1. The van der Waals surface area contributed by atoms with E-state index >= 15 is 0 Å². The fourth-order valence-corrected chi connectivity index (χ4v) is 12.3. The minimum atomic E-state index is -5.34. The minimum absolute atomic E-state index is 0.0351. The maximum absolute atomic E-state index is 13.4. The molecule has 10 atom stereocenters. The van der Waals surface area contributed by atoms with Gasteiger partial charge in [-0.25, -0.2) is 10.9 Å². The van der Waals surface area contributed by atoms with Gasteiger partial charge in [-0.2, -0.15) is 21.6 Å². The lowest BCUT2D eigenvalue weighted by molar-refractivity contribution is -0.158.